The SMILES string of the molecule is COc1ccc2c(c1)C=C(C(=O)O)CO2. The van der Waals surface area contributed by atoms with Gasteiger partial charge in [0, 0.05) is 5.56 Å². The molecule has 1 aromatic carbocycles. The third kappa shape index (κ3) is 1.79. The van der Waals surface area contributed by atoms with Gasteiger partial charge in [-0.05, 0) is 24.3 Å². The van der Waals surface area contributed by atoms with Gasteiger partial charge in [-0.1, -0.05) is 0 Å². The fourth-order valence-electron chi connectivity index (χ4n) is 1.41. The zero-order chi connectivity index (χ0) is 10.8. The van der Waals surface area contributed by atoms with Gasteiger partial charge in [0.05, 0.1) is 12.7 Å². The molecule has 0 fully saturated rings. The number of hydrogen-bond acceptors (Lipinski definition) is 3. The van der Waals surface area contributed by atoms with Crippen molar-refractivity contribution < 1.29 is 19.4 Å². The molecule has 0 radical (unpaired) electrons. The van der Waals surface area contributed by atoms with Gasteiger partial charge in [-0.2, -0.15) is 0 Å². The topological polar surface area (TPSA) is 55.8 Å². The van der Waals surface area contributed by atoms with Gasteiger partial charge in [-0.15, -0.1) is 0 Å². The molecule has 4 nitrogen and oxygen atoms in total. The maximum Gasteiger partial charge on any atom is 0.335 e. The summed E-state index contributed by atoms with van der Waals surface area (Å²) in [6, 6.07) is 5.29. The Labute approximate surface area is 86.7 Å². The Morgan fingerprint density at radius 2 is 2.33 bits per heavy atom. The van der Waals surface area contributed by atoms with E-state index in [1.165, 1.54) is 0 Å². The highest BCUT2D eigenvalue weighted by Crippen LogP contribution is 2.29. The summed E-state index contributed by atoms with van der Waals surface area (Å²) < 4.78 is 10.3. The van der Waals surface area contributed by atoms with E-state index in [2.05, 4.69) is 0 Å². The van der Waals surface area contributed by atoms with E-state index in [4.69, 9.17) is 14.6 Å². The van der Waals surface area contributed by atoms with Crippen LogP contribution in [0.25, 0.3) is 6.08 Å². The Morgan fingerprint density at radius 1 is 1.53 bits per heavy atom. The van der Waals surface area contributed by atoms with Crippen molar-refractivity contribution in [3.8, 4) is 11.5 Å². The van der Waals surface area contributed by atoms with E-state index in [0.717, 1.165) is 5.56 Å². The molecular weight excluding hydrogens is 196 g/mol. The molecular formula is C11H10O4. The predicted octanol–water partition coefficient (Wildman–Crippen LogP) is 1.56. The Bertz CT molecular complexity index is 434. The smallest absolute Gasteiger partial charge is 0.335 e. The maximum atomic E-state index is 10.7. The van der Waals surface area contributed by atoms with Gasteiger partial charge in [0.15, 0.2) is 0 Å². The summed E-state index contributed by atoms with van der Waals surface area (Å²) in [6.07, 6.45) is 1.60. The molecule has 1 aliphatic heterocycles. The van der Waals surface area contributed by atoms with E-state index in [9.17, 15) is 4.79 Å². The number of rotatable bonds is 2. The maximum absolute atomic E-state index is 10.7. The van der Waals surface area contributed by atoms with E-state index in [-0.39, 0.29) is 12.2 Å². The molecule has 15 heavy (non-hydrogen) atoms. The molecule has 1 N–H and O–H groups in total. The molecule has 0 saturated heterocycles. The third-order valence-electron chi connectivity index (χ3n) is 2.20. The Morgan fingerprint density at radius 3 is 3.00 bits per heavy atom. The normalized spacial score (nSPS) is 13.5. The van der Waals surface area contributed by atoms with Crippen LogP contribution in [0, 0.1) is 0 Å². The summed E-state index contributed by atoms with van der Waals surface area (Å²) >= 11 is 0. The lowest BCUT2D eigenvalue weighted by Gasteiger charge is -2.16. The van der Waals surface area contributed by atoms with E-state index in [0.29, 0.717) is 11.5 Å². The summed E-state index contributed by atoms with van der Waals surface area (Å²) in [7, 11) is 1.56. The van der Waals surface area contributed by atoms with Crippen LogP contribution < -0.4 is 9.47 Å². The number of carbonyl (C=O) groups is 1. The fraction of sp³-hybridized carbons (Fsp3) is 0.182. The number of hydrogen-bond donors (Lipinski definition) is 1. The summed E-state index contributed by atoms with van der Waals surface area (Å²) in [6.45, 7) is 0.106. The van der Waals surface area contributed by atoms with Crippen LogP contribution in [0.4, 0.5) is 0 Å². The van der Waals surface area contributed by atoms with Crippen LogP contribution in [0.15, 0.2) is 23.8 Å². The van der Waals surface area contributed by atoms with Gasteiger partial charge in [0.2, 0.25) is 0 Å². The van der Waals surface area contributed by atoms with Crippen LogP contribution in [0.5, 0.6) is 11.5 Å². The third-order valence-corrected chi connectivity index (χ3v) is 2.20. The quantitative estimate of drug-likeness (QED) is 0.797. The molecule has 0 spiro atoms. The zero-order valence-electron chi connectivity index (χ0n) is 8.19. The van der Waals surface area contributed by atoms with Gasteiger partial charge in [-0.3, -0.25) is 0 Å². The van der Waals surface area contributed by atoms with Crippen molar-refractivity contribution in [2.45, 2.75) is 0 Å². The molecule has 2 rings (SSSR count). The number of carboxylic acid groups (broad SMARTS) is 1. The lowest BCUT2D eigenvalue weighted by atomic mass is 10.1. The second kappa shape index (κ2) is 3.65. The average Bonchev–Trinajstić information content (AvgIpc) is 2.27. The molecule has 0 atom stereocenters. The number of ether oxygens (including phenoxy) is 2. The van der Waals surface area contributed by atoms with Crippen molar-refractivity contribution in [3.63, 3.8) is 0 Å². The highest BCUT2D eigenvalue weighted by atomic mass is 16.5. The van der Waals surface area contributed by atoms with Crippen molar-refractivity contribution in [3.05, 3.63) is 29.3 Å². The first kappa shape index (κ1) is 9.58. The minimum absolute atomic E-state index is 0.106. The lowest BCUT2D eigenvalue weighted by molar-refractivity contribution is -0.132. The molecule has 0 bridgehead atoms. The number of aliphatic carboxylic acids is 1. The minimum atomic E-state index is -0.955. The summed E-state index contributed by atoms with van der Waals surface area (Å²) in [5.41, 5.74) is 0.980. The summed E-state index contributed by atoms with van der Waals surface area (Å²) in [4.78, 5) is 10.7. The van der Waals surface area contributed by atoms with Crippen molar-refractivity contribution >= 4 is 12.0 Å². The number of fused-ring (bicyclic) bond motifs is 1. The Balaban J connectivity index is 2.43. The number of carboxylic acids is 1. The van der Waals surface area contributed by atoms with Crippen LogP contribution in [-0.2, 0) is 4.79 Å². The van der Waals surface area contributed by atoms with E-state index in [1.807, 2.05) is 0 Å². The predicted molar refractivity (Wildman–Crippen MR) is 54.1 cm³/mol. The first-order valence-corrected chi connectivity index (χ1v) is 4.45. The van der Waals surface area contributed by atoms with Crippen LogP contribution >= 0.6 is 0 Å². The van der Waals surface area contributed by atoms with Gasteiger partial charge < -0.3 is 14.6 Å². The second-order valence-electron chi connectivity index (χ2n) is 3.17. The molecule has 4 heteroatoms. The Kier molecular flexibility index (Phi) is 2.33. The van der Waals surface area contributed by atoms with Crippen molar-refractivity contribution in [2.75, 3.05) is 13.7 Å². The van der Waals surface area contributed by atoms with E-state index >= 15 is 0 Å². The van der Waals surface area contributed by atoms with Crippen molar-refractivity contribution in [1.29, 1.82) is 0 Å². The highest BCUT2D eigenvalue weighted by Gasteiger charge is 2.16. The largest absolute Gasteiger partial charge is 0.497 e. The van der Waals surface area contributed by atoms with Crippen LogP contribution in [-0.4, -0.2) is 24.8 Å². The van der Waals surface area contributed by atoms with Crippen LogP contribution in [0.2, 0.25) is 0 Å². The van der Waals surface area contributed by atoms with Gasteiger partial charge in [0.25, 0.3) is 0 Å². The standard InChI is InChI=1S/C11H10O4/c1-14-9-2-3-10-7(5-9)4-8(6-15-10)11(12)13/h2-5H,6H2,1H3,(H,12,13). The molecule has 0 aromatic heterocycles. The van der Waals surface area contributed by atoms with E-state index in [1.54, 1.807) is 31.4 Å². The zero-order valence-corrected chi connectivity index (χ0v) is 8.19. The van der Waals surface area contributed by atoms with E-state index < -0.39 is 5.97 Å². The first-order valence-electron chi connectivity index (χ1n) is 4.45. The molecule has 0 unspecified atom stereocenters. The number of benzene rings is 1. The molecule has 1 aromatic rings. The van der Waals surface area contributed by atoms with Crippen LogP contribution in [0.3, 0.4) is 0 Å². The van der Waals surface area contributed by atoms with Gasteiger partial charge >= 0.3 is 5.97 Å². The minimum Gasteiger partial charge on any atom is -0.497 e. The van der Waals surface area contributed by atoms with Crippen molar-refractivity contribution in [1.82, 2.24) is 0 Å². The molecule has 0 saturated carbocycles. The summed E-state index contributed by atoms with van der Waals surface area (Å²) in [5, 5.41) is 8.81. The fourth-order valence-corrected chi connectivity index (χ4v) is 1.41. The average molecular weight is 206 g/mol. The van der Waals surface area contributed by atoms with Crippen molar-refractivity contribution in [2.24, 2.45) is 0 Å². The molecule has 1 heterocycles. The van der Waals surface area contributed by atoms with Crippen LogP contribution in [0.1, 0.15) is 5.56 Å². The lowest BCUT2D eigenvalue weighted by Crippen LogP contribution is -2.14. The van der Waals surface area contributed by atoms with Gasteiger partial charge in [-0.25, -0.2) is 4.79 Å². The second-order valence-corrected chi connectivity index (χ2v) is 3.17. The Hall–Kier alpha value is -1.97. The molecule has 78 valence electrons. The number of methoxy groups -OCH3 is 1. The molecule has 0 amide bonds. The molecule has 1 aliphatic rings. The summed E-state index contributed by atoms with van der Waals surface area (Å²) in [5.74, 6) is 0.407. The highest BCUT2D eigenvalue weighted by molar-refractivity contribution is 5.93. The van der Waals surface area contributed by atoms with Gasteiger partial charge in [0.1, 0.15) is 18.1 Å². The monoisotopic (exact) mass is 206 g/mol. The molecule has 0 aliphatic carbocycles. The first-order chi connectivity index (χ1) is 7.20.